The molecule has 1 spiro atoms. The first kappa shape index (κ1) is 32.0. The summed E-state index contributed by atoms with van der Waals surface area (Å²) in [5.74, 6) is 3.23. The first-order valence-electron chi connectivity index (χ1n) is 12.7. The predicted octanol–water partition coefficient (Wildman–Crippen LogP) is 7.20. The number of nitrogens with two attached hydrogens (primary N) is 1. The highest BCUT2D eigenvalue weighted by Crippen LogP contribution is 2.41. The minimum absolute atomic E-state index is 0.162. The number of halogens is 2. The lowest BCUT2D eigenvalue weighted by Gasteiger charge is -2.40. The van der Waals surface area contributed by atoms with Gasteiger partial charge in [0.25, 0.3) is 0 Å². The van der Waals surface area contributed by atoms with Crippen LogP contribution in [0.25, 0.3) is 0 Å². The van der Waals surface area contributed by atoms with Crippen LogP contribution in [-0.2, 0) is 11.2 Å². The van der Waals surface area contributed by atoms with Gasteiger partial charge < -0.3 is 14.5 Å². The molecule has 0 unspecified atom stereocenters. The van der Waals surface area contributed by atoms with Crippen LogP contribution in [0.5, 0.6) is 5.75 Å². The summed E-state index contributed by atoms with van der Waals surface area (Å²) in [5, 5.41) is 5.16. The van der Waals surface area contributed by atoms with Crippen LogP contribution in [0.3, 0.4) is 0 Å². The molecule has 4 rings (SSSR count). The van der Waals surface area contributed by atoms with Crippen LogP contribution in [-0.4, -0.2) is 42.8 Å². The van der Waals surface area contributed by atoms with Crippen LogP contribution in [0.1, 0.15) is 53.0 Å². The zero-order chi connectivity index (χ0) is 28.5. The quantitative estimate of drug-likeness (QED) is 0.132. The lowest BCUT2D eigenvalue weighted by Crippen LogP contribution is -2.47. The first-order chi connectivity index (χ1) is 18.1. The number of hydrogen-bond acceptors (Lipinski definition) is 6. The number of thiol groups is 1. The summed E-state index contributed by atoms with van der Waals surface area (Å²) in [6, 6.07) is 13.8. The Kier molecular flexibility index (Phi) is 12.5. The molecule has 0 bridgehead atoms. The number of anilines is 1. The largest absolute Gasteiger partial charge is 0.487 e. The molecule has 0 atom stereocenters. The van der Waals surface area contributed by atoms with E-state index in [9.17, 15) is 4.79 Å². The Morgan fingerprint density at radius 3 is 2.29 bits per heavy atom. The fourth-order valence-corrected chi connectivity index (χ4v) is 4.81. The van der Waals surface area contributed by atoms with Gasteiger partial charge in [-0.2, -0.15) is 0 Å². The molecular weight excluding hydrogens is 539 g/mol. The summed E-state index contributed by atoms with van der Waals surface area (Å²) >= 11 is 15.6. The summed E-state index contributed by atoms with van der Waals surface area (Å²) in [5.41, 5.74) is 2.47. The second-order valence-electron chi connectivity index (χ2n) is 10.2. The van der Waals surface area contributed by atoms with Crippen molar-refractivity contribution in [1.82, 2.24) is 4.90 Å². The molecule has 2 N–H and O–H groups in total. The highest BCUT2D eigenvalue weighted by molar-refractivity contribution is 7.77. The van der Waals surface area contributed by atoms with Gasteiger partial charge in [-0.1, -0.05) is 68.2 Å². The number of ether oxygens (including phenoxy) is 1. The fourth-order valence-electron chi connectivity index (χ4n) is 4.39. The molecule has 1 fully saturated rings. The Balaban J connectivity index is 0.000000773. The van der Waals surface area contributed by atoms with E-state index in [1.54, 1.807) is 13.0 Å². The molecule has 2 aromatic carbocycles. The van der Waals surface area contributed by atoms with Crippen molar-refractivity contribution in [1.29, 1.82) is 0 Å². The van der Waals surface area contributed by atoms with Gasteiger partial charge >= 0.3 is 0 Å². The number of para-hydroxylation sites is 1. The van der Waals surface area contributed by atoms with E-state index in [4.69, 9.17) is 32.9 Å². The van der Waals surface area contributed by atoms with Crippen molar-refractivity contribution in [3.8, 4) is 5.75 Å². The van der Waals surface area contributed by atoms with Gasteiger partial charge in [0.1, 0.15) is 29.3 Å². The van der Waals surface area contributed by atoms with E-state index in [2.05, 4.69) is 55.8 Å². The van der Waals surface area contributed by atoms with Crippen molar-refractivity contribution < 1.29 is 9.53 Å². The number of benzene rings is 2. The average molecular weight is 580 g/mol. The lowest BCUT2D eigenvalue weighted by molar-refractivity contribution is -0.105. The molecule has 0 aromatic heterocycles. The Hall–Kier alpha value is -2.19. The molecule has 2 aliphatic rings. The number of nitrogens with zero attached hydrogens (tertiary/aromatic N) is 3. The smallest absolute Gasteiger partial charge is 0.149 e. The number of carbonyl (C=O) groups is 1. The summed E-state index contributed by atoms with van der Waals surface area (Å²) in [6.07, 6.45) is 3.55. The van der Waals surface area contributed by atoms with Crippen molar-refractivity contribution in [3.63, 3.8) is 0 Å². The highest BCUT2D eigenvalue weighted by Gasteiger charge is 2.42. The number of hydrogen-bond donors (Lipinski definition) is 2. The van der Waals surface area contributed by atoms with E-state index < -0.39 is 0 Å². The minimum Gasteiger partial charge on any atom is -0.487 e. The number of likely N-dealkylation sites (tertiary alicyclic amines) is 1. The van der Waals surface area contributed by atoms with Crippen molar-refractivity contribution in [3.05, 3.63) is 69.5 Å². The van der Waals surface area contributed by atoms with Crippen LogP contribution in [0.15, 0.2) is 58.9 Å². The zero-order valence-electron chi connectivity index (χ0n) is 23.2. The Morgan fingerprint density at radius 2 is 1.71 bits per heavy atom. The monoisotopic (exact) mass is 578 g/mol. The minimum atomic E-state index is -0.162. The molecule has 38 heavy (non-hydrogen) atoms. The summed E-state index contributed by atoms with van der Waals surface area (Å²) < 4.78 is 6.37. The van der Waals surface area contributed by atoms with Crippen molar-refractivity contribution in [2.45, 2.75) is 59.5 Å². The van der Waals surface area contributed by atoms with E-state index in [-0.39, 0.29) is 5.60 Å². The normalized spacial score (nSPS) is 16.4. The van der Waals surface area contributed by atoms with Gasteiger partial charge in [-0.3, -0.25) is 9.93 Å². The molecule has 0 amide bonds. The second-order valence-corrected chi connectivity index (χ2v) is 11.0. The van der Waals surface area contributed by atoms with E-state index in [1.807, 2.05) is 43.1 Å². The van der Waals surface area contributed by atoms with Gasteiger partial charge in [-0.05, 0) is 43.5 Å². The number of aliphatic imine (C=N–C) groups is 1. The van der Waals surface area contributed by atoms with Crippen molar-refractivity contribution >= 4 is 53.8 Å². The number of piperidine rings is 1. The molecule has 208 valence electrons. The zero-order valence-corrected chi connectivity index (χ0v) is 25.6. The maximum absolute atomic E-state index is 11.7. The second kappa shape index (κ2) is 14.8. The number of allylic oxidation sites excluding steroid dienone is 1. The van der Waals surface area contributed by atoms with Gasteiger partial charge in [0.05, 0.1) is 15.7 Å². The average Bonchev–Trinajstić information content (AvgIpc) is 3.27. The number of aldehydes is 1. The van der Waals surface area contributed by atoms with Crippen LogP contribution in [0, 0.1) is 5.92 Å². The fraction of sp³-hybridized carbons (Fsp3) is 0.448. The van der Waals surface area contributed by atoms with Gasteiger partial charge in [0.2, 0.25) is 0 Å². The number of amidine groups is 1. The molecule has 9 heteroatoms. The SMILES string of the molecule is C/C(=N/C(=C(/C)C=O)N1CCC2(CC1)Cc1ccccc1O2)N(C)c1cccc(Cl)c1Cl.CC(C)C.NS. The van der Waals surface area contributed by atoms with Crippen molar-refractivity contribution in [2.75, 3.05) is 25.0 Å². The third kappa shape index (κ3) is 8.15. The summed E-state index contributed by atoms with van der Waals surface area (Å²) in [4.78, 5) is 20.6. The standard InChI is InChI=1S/C25H27Cl2N3O2.C4H10.H3NS/c1-17(16-31)24(28-18(2)29(3)21-9-6-8-20(26)23(21)27)30-13-11-25(12-14-30)15-19-7-4-5-10-22(19)32-25;1-4(2)3;1-2/h4-10,16H,11-15H2,1-3H3;4H,1-3H3;2H,1H2/b24-17+,28-18-;;. The Labute approximate surface area is 243 Å². The van der Waals surface area contributed by atoms with Crippen LogP contribution < -0.4 is 14.8 Å². The molecular formula is C29H40Cl2N4O2S. The molecule has 0 radical (unpaired) electrons. The van der Waals surface area contributed by atoms with Gasteiger partial charge in [0, 0.05) is 45.0 Å². The van der Waals surface area contributed by atoms with E-state index in [1.165, 1.54) is 5.56 Å². The maximum Gasteiger partial charge on any atom is 0.149 e. The van der Waals surface area contributed by atoms with Crippen LogP contribution >= 0.6 is 36.0 Å². The van der Waals surface area contributed by atoms with Crippen molar-refractivity contribution in [2.24, 2.45) is 16.0 Å². The molecule has 2 heterocycles. The van der Waals surface area contributed by atoms with Crippen LogP contribution in [0.4, 0.5) is 5.69 Å². The van der Waals surface area contributed by atoms with Gasteiger partial charge in [0.15, 0.2) is 0 Å². The van der Waals surface area contributed by atoms with Crippen LogP contribution in [0.2, 0.25) is 10.0 Å². The molecule has 0 aliphatic carbocycles. The molecule has 0 saturated carbocycles. The highest BCUT2D eigenvalue weighted by atomic mass is 35.5. The number of rotatable bonds is 4. The predicted molar refractivity (Wildman–Crippen MR) is 165 cm³/mol. The van der Waals surface area contributed by atoms with Gasteiger partial charge in [-0.15, -0.1) is 12.8 Å². The first-order valence-corrected chi connectivity index (χ1v) is 14.0. The number of fused-ring (bicyclic) bond motifs is 1. The van der Waals surface area contributed by atoms with E-state index >= 15 is 0 Å². The Morgan fingerprint density at radius 1 is 1.11 bits per heavy atom. The molecule has 2 aliphatic heterocycles. The summed E-state index contributed by atoms with van der Waals surface area (Å²) in [6.45, 7) is 11.7. The molecule has 6 nitrogen and oxygen atoms in total. The topological polar surface area (TPSA) is 71.2 Å². The Bertz CT molecular complexity index is 1120. The lowest BCUT2D eigenvalue weighted by atomic mass is 9.87. The third-order valence-corrected chi connectivity index (χ3v) is 7.17. The van der Waals surface area contributed by atoms with E-state index in [0.717, 1.165) is 61.8 Å². The molecule has 1 saturated heterocycles. The van der Waals surface area contributed by atoms with Gasteiger partial charge in [-0.25, -0.2) is 4.99 Å². The van der Waals surface area contributed by atoms with E-state index in [0.29, 0.717) is 21.4 Å². The third-order valence-electron chi connectivity index (χ3n) is 6.36. The molecule has 2 aromatic rings. The number of carbonyl (C=O) groups excluding carboxylic acids is 1. The summed E-state index contributed by atoms with van der Waals surface area (Å²) in [7, 11) is 1.89. The maximum atomic E-state index is 11.7.